The van der Waals surface area contributed by atoms with Crippen LogP contribution in [0.2, 0.25) is 0 Å². The average Bonchev–Trinajstić information content (AvgIpc) is 2.80. The summed E-state index contributed by atoms with van der Waals surface area (Å²) in [6, 6.07) is 8.15. The SMILES string of the molecule is CC(C)C(C)NC(=O)N(C)Cc1nc2ccccc2s1. The van der Waals surface area contributed by atoms with Crippen LogP contribution in [0.25, 0.3) is 10.2 Å². The quantitative estimate of drug-likeness (QED) is 0.937. The van der Waals surface area contributed by atoms with Crippen molar-refractivity contribution in [2.24, 2.45) is 5.92 Å². The first-order valence-electron chi connectivity index (χ1n) is 6.83. The number of benzene rings is 1. The van der Waals surface area contributed by atoms with Crippen LogP contribution in [0.5, 0.6) is 0 Å². The molecule has 0 fully saturated rings. The Balaban J connectivity index is 2.00. The third-order valence-corrected chi connectivity index (χ3v) is 4.43. The van der Waals surface area contributed by atoms with Gasteiger partial charge in [0.1, 0.15) is 5.01 Å². The highest BCUT2D eigenvalue weighted by atomic mass is 32.1. The maximum Gasteiger partial charge on any atom is 0.317 e. The van der Waals surface area contributed by atoms with Crippen molar-refractivity contribution in [3.8, 4) is 0 Å². The van der Waals surface area contributed by atoms with Gasteiger partial charge >= 0.3 is 6.03 Å². The molecular formula is C15H21N3OS. The van der Waals surface area contributed by atoms with Crippen molar-refractivity contribution in [1.29, 1.82) is 0 Å². The number of urea groups is 1. The highest BCUT2D eigenvalue weighted by molar-refractivity contribution is 7.18. The van der Waals surface area contributed by atoms with E-state index in [1.807, 2.05) is 25.1 Å². The highest BCUT2D eigenvalue weighted by Gasteiger charge is 2.15. The smallest absolute Gasteiger partial charge is 0.317 e. The summed E-state index contributed by atoms with van der Waals surface area (Å²) >= 11 is 1.64. The molecule has 0 aliphatic rings. The van der Waals surface area contributed by atoms with Crippen molar-refractivity contribution in [3.05, 3.63) is 29.3 Å². The molecule has 1 aromatic heterocycles. The van der Waals surface area contributed by atoms with Crippen molar-refractivity contribution in [2.75, 3.05) is 7.05 Å². The van der Waals surface area contributed by atoms with Crippen molar-refractivity contribution in [2.45, 2.75) is 33.4 Å². The van der Waals surface area contributed by atoms with E-state index in [0.29, 0.717) is 12.5 Å². The molecule has 1 unspecified atom stereocenters. The fourth-order valence-corrected chi connectivity index (χ4v) is 2.75. The van der Waals surface area contributed by atoms with Crippen LogP contribution in [-0.2, 0) is 6.54 Å². The van der Waals surface area contributed by atoms with E-state index in [4.69, 9.17) is 0 Å². The van der Waals surface area contributed by atoms with Gasteiger partial charge in [0.2, 0.25) is 0 Å². The van der Waals surface area contributed by atoms with Gasteiger partial charge in [-0.05, 0) is 25.0 Å². The fourth-order valence-electron chi connectivity index (χ4n) is 1.73. The number of rotatable bonds is 4. The summed E-state index contributed by atoms with van der Waals surface area (Å²) in [6.45, 7) is 6.75. The van der Waals surface area contributed by atoms with Crippen LogP contribution in [0.3, 0.4) is 0 Å². The zero-order valence-corrected chi connectivity index (χ0v) is 13.2. The van der Waals surface area contributed by atoms with Gasteiger partial charge < -0.3 is 10.2 Å². The normalized spacial score (nSPS) is 12.7. The van der Waals surface area contributed by atoms with Gasteiger partial charge in [-0.1, -0.05) is 26.0 Å². The number of para-hydroxylation sites is 1. The number of aromatic nitrogens is 1. The molecule has 2 aromatic rings. The maximum absolute atomic E-state index is 12.1. The molecule has 1 N–H and O–H groups in total. The second kappa shape index (κ2) is 6.22. The number of hydrogen-bond donors (Lipinski definition) is 1. The average molecular weight is 291 g/mol. The molecule has 1 atom stereocenters. The number of nitrogens with zero attached hydrogens (tertiary/aromatic N) is 2. The lowest BCUT2D eigenvalue weighted by Crippen LogP contribution is -2.43. The van der Waals surface area contributed by atoms with Gasteiger partial charge in [0.25, 0.3) is 0 Å². The van der Waals surface area contributed by atoms with E-state index in [2.05, 4.69) is 30.2 Å². The van der Waals surface area contributed by atoms with Crippen molar-refractivity contribution >= 4 is 27.6 Å². The predicted octanol–water partition coefficient (Wildman–Crippen LogP) is 3.48. The van der Waals surface area contributed by atoms with Gasteiger partial charge in [-0.2, -0.15) is 0 Å². The Bertz CT molecular complexity index is 561. The van der Waals surface area contributed by atoms with E-state index in [-0.39, 0.29) is 12.1 Å². The van der Waals surface area contributed by atoms with E-state index in [0.717, 1.165) is 15.2 Å². The number of carbonyl (C=O) groups is 1. The molecule has 5 heteroatoms. The van der Waals surface area contributed by atoms with Crippen LogP contribution in [0.1, 0.15) is 25.8 Å². The topological polar surface area (TPSA) is 45.2 Å². The molecule has 2 rings (SSSR count). The maximum atomic E-state index is 12.1. The number of amides is 2. The molecule has 1 heterocycles. The lowest BCUT2D eigenvalue weighted by molar-refractivity contribution is 0.200. The van der Waals surface area contributed by atoms with Crippen molar-refractivity contribution in [3.63, 3.8) is 0 Å². The Kier molecular flexibility index (Phi) is 4.60. The molecule has 0 aliphatic heterocycles. The Morgan fingerprint density at radius 1 is 1.35 bits per heavy atom. The van der Waals surface area contributed by atoms with Crippen LogP contribution < -0.4 is 5.32 Å². The van der Waals surface area contributed by atoms with Gasteiger partial charge in [-0.25, -0.2) is 9.78 Å². The Morgan fingerprint density at radius 3 is 2.70 bits per heavy atom. The first kappa shape index (κ1) is 14.8. The van der Waals surface area contributed by atoms with Gasteiger partial charge in [-0.3, -0.25) is 0 Å². The minimum atomic E-state index is -0.0505. The number of thiazole rings is 1. The van der Waals surface area contributed by atoms with Crippen LogP contribution in [0, 0.1) is 5.92 Å². The summed E-state index contributed by atoms with van der Waals surface area (Å²) in [4.78, 5) is 18.3. The molecule has 20 heavy (non-hydrogen) atoms. The molecule has 2 amide bonds. The molecule has 0 spiro atoms. The van der Waals surface area contributed by atoms with Crippen molar-refractivity contribution in [1.82, 2.24) is 15.2 Å². The summed E-state index contributed by atoms with van der Waals surface area (Å²) in [5, 5.41) is 3.96. The van der Waals surface area contributed by atoms with E-state index in [1.165, 1.54) is 0 Å². The zero-order valence-electron chi connectivity index (χ0n) is 12.4. The zero-order chi connectivity index (χ0) is 14.7. The van der Waals surface area contributed by atoms with E-state index in [1.54, 1.807) is 23.3 Å². The Hall–Kier alpha value is -1.62. The number of hydrogen-bond acceptors (Lipinski definition) is 3. The molecule has 0 bridgehead atoms. The second-order valence-corrected chi connectivity index (χ2v) is 6.53. The minimum absolute atomic E-state index is 0.0505. The van der Waals surface area contributed by atoms with Crippen LogP contribution in [-0.4, -0.2) is 29.0 Å². The third-order valence-electron chi connectivity index (χ3n) is 3.41. The summed E-state index contributed by atoms with van der Waals surface area (Å²) in [5.74, 6) is 0.426. The number of fused-ring (bicyclic) bond motifs is 1. The molecule has 1 aromatic carbocycles. The van der Waals surface area contributed by atoms with E-state index < -0.39 is 0 Å². The van der Waals surface area contributed by atoms with Gasteiger partial charge in [0, 0.05) is 13.1 Å². The summed E-state index contributed by atoms with van der Waals surface area (Å²) < 4.78 is 1.16. The minimum Gasteiger partial charge on any atom is -0.335 e. The van der Waals surface area contributed by atoms with Crippen LogP contribution in [0.15, 0.2) is 24.3 Å². The molecule has 0 radical (unpaired) electrons. The summed E-state index contributed by atoms with van der Waals surface area (Å²) in [6.07, 6.45) is 0. The summed E-state index contributed by atoms with van der Waals surface area (Å²) in [7, 11) is 1.80. The Morgan fingerprint density at radius 2 is 2.05 bits per heavy atom. The fraction of sp³-hybridized carbons (Fsp3) is 0.467. The lowest BCUT2D eigenvalue weighted by Gasteiger charge is -2.22. The van der Waals surface area contributed by atoms with Crippen molar-refractivity contribution < 1.29 is 4.79 Å². The van der Waals surface area contributed by atoms with E-state index >= 15 is 0 Å². The van der Waals surface area contributed by atoms with Gasteiger partial charge in [0.05, 0.1) is 16.8 Å². The number of carbonyl (C=O) groups excluding carboxylic acids is 1. The molecular weight excluding hydrogens is 270 g/mol. The van der Waals surface area contributed by atoms with E-state index in [9.17, 15) is 4.79 Å². The lowest BCUT2D eigenvalue weighted by atomic mass is 10.1. The second-order valence-electron chi connectivity index (χ2n) is 5.41. The predicted molar refractivity (Wildman–Crippen MR) is 83.9 cm³/mol. The molecule has 108 valence electrons. The van der Waals surface area contributed by atoms with Crippen LogP contribution >= 0.6 is 11.3 Å². The number of nitrogens with one attached hydrogen (secondary N) is 1. The summed E-state index contributed by atoms with van der Waals surface area (Å²) in [5.41, 5.74) is 0.997. The first-order chi connectivity index (χ1) is 9.47. The molecule has 0 saturated carbocycles. The molecule has 0 saturated heterocycles. The molecule has 0 aliphatic carbocycles. The van der Waals surface area contributed by atoms with Gasteiger partial charge in [0.15, 0.2) is 0 Å². The largest absolute Gasteiger partial charge is 0.335 e. The Labute approximate surface area is 123 Å². The highest BCUT2D eigenvalue weighted by Crippen LogP contribution is 2.22. The third kappa shape index (κ3) is 3.48. The van der Waals surface area contributed by atoms with Crippen LogP contribution in [0.4, 0.5) is 4.79 Å². The standard InChI is InChI=1S/C15H21N3OS/c1-10(2)11(3)16-15(19)18(4)9-14-17-12-7-5-6-8-13(12)20-14/h5-8,10-11H,9H2,1-4H3,(H,16,19). The molecule has 4 nitrogen and oxygen atoms in total. The first-order valence-corrected chi connectivity index (χ1v) is 7.65. The monoisotopic (exact) mass is 291 g/mol. The van der Waals surface area contributed by atoms with Gasteiger partial charge in [-0.15, -0.1) is 11.3 Å².